The van der Waals surface area contributed by atoms with E-state index in [2.05, 4.69) is 4.72 Å². The van der Waals surface area contributed by atoms with Gasteiger partial charge in [-0.05, 0) is 63.8 Å². The summed E-state index contributed by atoms with van der Waals surface area (Å²) in [5, 5.41) is 11.1. The number of benzene rings is 2. The summed E-state index contributed by atoms with van der Waals surface area (Å²) in [6.45, 7) is 11.5. The Morgan fingerprint density at radius 1 is 1.15 bits per heavy atom. The van der Waals surface area contributed by atoms with E-state index in [1.165, 1.54) is 0 Å². The van der Waals surface area contributed by atoms with E-state index in [1.54, 1.807) is 6.92 Å². The van der Waals surface area contributed by atoms with Gasteiger partial charge in [-0.15, -0.1) is 0 Å². The summed E-state index contributed by atoms with van der Waals surface area (Å²) in [7, 11) is -3.58. The van der Waals surface area contributed by atoms with E-state index in [4.69, 9.17) is 4.74 Å². The maximum Gasteiger partial charge on any atom is 0.337 e. The van der Waals surface area contributed by atoms with Gasteiger partial charge in [-0.2, -0.15) is 0 Å². The van der Waals surface area contributed by atoms with Gasteiger partial charge in [0, 0.05) is 23.7 Å². The first-order valence-corrected chi connectivity index (χ1v) is 12.6. The third-order valence-electron chi connectivity index (χ3n) is 5.96. The lowest BCUT2D eigenvalue weighted by molar-refractivity contribution is -0.160. The number of nitrogens with one attached hydrogen (secondary N) is 1. The molecule has 0 aliphatic carbocycles. The number of hydrogen-bond donors (Lipinski definition) is 2. The lowest BCUT2D eigenvalue weighted by atomic mass is 9.86. The van der Waals surface area contributed by atoms with Crippen LogP contribution in [0, 0.1) is 20.8 Å². The van der Waals surface area contributed by atoms with Crippen molar-refractivity contribution in [2.75, 3.05) is 10.5 Å². The lowest BCUT2D eigenvalue weighted by Crippen LogP contribution is -2.28. The number of carboxylic acid groups (broad SMARTS) is 1. The maximum absolute atomic E-state index is 12.7. The van der Waals surface area contributed by atoms with Crippen LogP contribution >= 0.6 is 0 Å². The highest BCUT2D eigenvalue weighted by Crippen LogP contribution is 2.47. The average molecular weight is 471 g/mol. The molecule has 33 heavy (non-hydrogen) atoms. The van der Waals surface area contributed by atoms with Crippen molar-refractivity contribution in [1.29, 1.82) is 0 Å². The standard InChI is InChI=1S/C25H30N2O5S/c1-14-7-9-17(10-8-14)20-18-15(2)13-27-11-12-33(30,31)26-21(22(18)27)16(3)19(20)23(24(28)29)32-25(4,5)6/h7-10,13,23,26H,11-12H2,1-6H3,(H,28,29). The molecule has 1 unspecified atom stereocenters. The molecule has 0 fully saturated rings. The van der Waals surface area contributed by atoms with Crippen molar-refractivity contribution in [3.8, 4) is 11.1 Å². The van der Waals surface area contributed by atoms with Gasteiger partial charge in [0.05, 0.1) is 22.6 Å². The van der Waals surface area contributed by atoms with Gasteiger partial charge in [0.1, 0.15) is 0 Å². The van der Waals surface area contributed by atoms with Crippen LogP contribution in [0.1, 0.15) is 49.1 Å². The molecular formula is C25H30N2O5S. The summed E-state index contributed by atoms with van der Waals surface area (Å²) in [6.07, 6.45) is 0.662. The zero-order valence-electron chi connectivity index (χ0n) is 19.8. The molecule has 3 aromatic rings. The molecule has 0 saturated heterocycles. The number of rotatable bonds is 4. The quantitative estimate of drug-likeness (QED) is 0.563. The minimum Gasteiger partial charge on any atom is -0.479 e. The minimum absolute atomic E-state index is 0.0552. The molecule has 8 heteroatoms. The molecule has 1 aliphatic rings. The molecule has 1 atom stereocenters. The first-order chi connectivity index (χ1) is 15.3. The van der Waals surface area contributed by atoms with Gasteiger partial charge >= 0.3 is 5.97 Å². The highest BCUT2D eigenvalue weighted by molar-refractivity contribution is 7.92. The smallest absolute Gasteiger partial charge is 0.337 e. The number of sulfonamides is 1. The molecule has 0 spiro atoms. The van der Waals surface area contributed by atoms with Crippen LogP contribution in [-0.2, 0) is 26.1 Å². The highest BCUT2D eigenvalue weighted by Gasteiger charge is 2.35. The molecule has 2 aromatic carbocycles. The van der Waals surface area contributed by atoms with Crippen LogP contribution < -0.4 is 4.72 Å². The number of ether oxygens (including phenoxy) is 1. The zero-order chi connectivity index (χ0) is 24.3. The van der Waals surface area contributed by atoms with E-state index in [-0.39, 0.29) is 5.75 Å². The molecular weight excluding hydrogens is 440 g/mol. The Labute approximate surface area is 194 Å². The largest absolute Gasteiger partial charge is 0.479 e. The number of carbonyl (C=O) groups is 1. The Balaban J connectivity index is 2.19. The molecule has 7 nitrogen and oxygen atoms in total. The Morgan fingerprint density at radius 2 is 1.79 bits per heavy atom. The van der Waals surface area contributed by atoms with Crippen molar-refractivity contribution in [3.63, 3.8) is 0 Å². The molecule has 1 aliphatic heterocycles. The van der Waals surface area contributed by atoms with Crippen LogP contribution in [0.15, 0.2) is 30.5 Å². The monoisotopic (exact) mass is 470 g/mol. The average Bonchev–Trinajstić information content (AvgIpc) is 2.95. The molecule has 2 heterocycles. The van der Waals surface area contributed by atoms with Crippen molar-refractivity contribution in [2.45, 2.75) is 59.8 Å². The maximum atomic E-state index is 12.7. The summed E-state index contributed by atoms with van der Waals surface area (Å²) in [6, 6.07) is 7.93. The topological polar surface area (TPSA) is 97.6 Å². The SMILES string of the molecule is Cc1ccc(-c2c(C(OC(C)(C)C)C(=O)O)c(C)c3c4c2c(C)cn4CCS(=O)(=O)N3)cc1. The van der Waals surface area contributed by atoms with E-state index in [1.807, 2.05) is 69.6 Å². The summed E-state index contributed by atoms with van der Waals surface area (Å²) in [4.78, 5) is 12.5. The van der Waals surface area contributed by atoms with E-state index in [9.17, 15) is 18.3 Å². The third kappa shape index (κ3) is 4.25. The predicted molar refractivity (Wildman–Crippen MR) is 130 cm³/mol. The molecule has 0 radical (unpaired) electrons. The number of nitrogens with zero attached hydrogens (tertiary/aromatic N) is 1. The number of carboxylic acids is 1. The Hall–Kier alpha value is -2.84. The van der Waals surface area contributed by atoms with Crippen LogP contribution in [0.25, 0.3) is 22.0 Å². The van der Waals surface area contributed by atoms with Gasteiger partial charge in [-0.3, -0.25) is 4.72 Å². The van der Waals surface area contributed by atoms with Crippen LogP contribution in [0.2, 0.25) is 0 Å². The fourth-order valence-corrected chi connectivity index (χ4v) is 5.67. The van der Waals surface area contributed by atoms with E-state index < -0.39 is 27.7 Å². The second-order valence-electron chi connectivity index (χ2n) is 9.75. The first kappa shape index (κ1) is 23.3. The molecule has 4 rings (SSSR count). The molecule has 2 N–H and O–H groups in total. The van der Waals surface area contributed by atoms with E-state index in [0.29, 0.717) is 23.4 Å². The molecule has 1 aromatic heterocycles. The van der Waals surface area contributed by atoms with E-state index >= 15 is 0 Å². The lowest BCUT2D eigenvalue weighted by Gasteiger charge is -2.29. The van der Waals surface area contributed by atoms with Gasteiger partial charge in [0.25, 0.3) is 0 Å². The summed E-state index contributed by atoms with van der Waals surface area (Å²) >= 11 is 0. The van der Waals surface area contributed by atoms with Crippen LogP contribution in [0.3, 0.4) is 0 Å². The Morgan fingerprint density at radius 3 is 2.36 bits per heavy atom. The highest BCUT2D eigenvalue weighted by atomic mass is 32.2. The van der Waals surface area contributed by atoms with Gasteiger partial charge in [0.2, 0.25) is 10.0 Å². The fraction of sp³-hybridized carbons (Fsp3) is 0.400. The second kappa shape index (κ2) is 7.88. The Kier molecular flexibility index (Phi) is 5.57. The Bertz CT molecular complexity index is 1360. The van der Waals surface area contributed by atoms with Gasteiger partial charge in [-0.25, -0.2) is 13.2 Å². The van der Waals surface area contributed by atoms with Crippen molar-refractivity contribution < 1.29 is 23.1 Å². The van der Waals surface area contributed by atoms with Crippen molar-refractivity contribution in [3.05, 3.63) is 52.7 Å². The first-order valence-electron chi connectivity index (χ1n) is 10.9. The number of aliphatic carboxylic acids is 1. The van der Waals surface area contributed by atoms with E-state index in [0.717, 1.165) is 33.2 Å². The van der Waals surface area contributed by atoms with Gasteiger partial charge in [0.15, 0.2) is 6.10 Å². The number of hydrogen-bond acceptors (Lipinski definition) is 4. The summed E-state index contributed by atoms with van der Waals surface area (Å²) in [5.41, 5.74) is 5.14. The minimum atomic E-state index is -3.58. The normalized spacial score (nSPS) is 16.3. The number of anilines is 1. The summed E-state index contributed by atoms with van der Waals surface area (Å²) < 4.78 is 36.1. The van der Waals surface area contributed by atoms with Gasteiger partial charge < -0.3 is 14.4 Å². The van der Waals surface area contributed by atoms with Gasteiger partial charge in [-0.1, -0.05) is 29.8 Å². The molecule has 176 valence electrons. The number of aromatic nitrogens is 1. The fourth-order valence-electron chi connectivity index (χ4n) is 4.57. The van der Waals surface area contributed by atoms with Crippen LogP contribution in [0.4, 0.5) is 5.69 Å². The second-order valence-corrected chi connectivity index (χ2v) is 11.6. The van der Waals surface area contributed by atoms with Crippen molar-refractivity contribution in [2.24, 2.45) is 0 Å². The zero-order valence-corrected chi connectivity index (χ0v) is 20.6. The van der Waals surface area contributed by atoms with Crippen molar-refractivity contribution >= 4 is 32.6 Å². The third-order valence-corrected chi connectivity index (χ3v) is 7.19. The predicted octanol–water partition coefficient (Wildman–Crippen LogP) is 4.93. The van der Waals surface area contributed by atoms with Crippen molar-refractivity contribution in [1.82, 2.24) is 4.57 Å². The number of aryl methyl sites for hydroxylation is 3. The van der Waals surface area contributed by atoms with Crippen LogP contribution in [0.5, 0.6) is 0 Å². The molecule has 0 amide bonds. The van der Waals surface area contributed by atoms with Crippen LogP contribution in [-0.4, -0.2) is 35.4 Å². The summed E-state index contributed by atoms with van der Waals surface area (Å²) in [5.74, 6) is -1.18. The molecule has 0 bridgehead atoms. The molecule has 0 saturated carbocycles.